The van der Waals surface area contributed by atoms with Crippen molar-refractivity contribution in [3.05, 3.63) is 65.5 Å². The summed E-state index contributed by atoms with van der Waals surface area (Å²) in [5, 5.41) is 11.0. The molecule has 0 radical (unpaired) electrons. The zero-order valence-corrected chi connectivity index (χ0v) is 16.6. The van der Waals surface area contributed by atoms with Crippen LogP contribution >= 0.6 is 0 Å². The summed E-state index contributed by atoms with van der Waals surface area (Å²) in [6.45, 7) is 3.42. The molecule has 1 N–H and O–H groups in total. The first-order valence-corrected chi connectivity index (χ1v) is 10.0. The number of hydrogen-bond donors (Lipinski definition) is 1. The Morgan fingerprint density at radius 2 is 2.00 bits per heavy atom. The SMILES string of the molecule is Cc1ccc(-c2nnc(CCC(=O)Nc3cccc(COCC4CC4)c3)o2)cc1. The van der Waals surface area contributed by atoms with E-state index in [2.05, 4.69) is 15.5 Å². The normalized spacial score (nSPS) is 13.4. The lowest BCUT2D eigenvalue weighted by molar-refractivity contribution is -0.116. The number of carbonyl (C=O) groups excluding carboxylic acids is 1. The summed E-state index contributed by atoms with van der Waals surface area (Å²) >= 11 is 0. The fraction of sp³-hybridized carbons (Fsp3) is 0.348. The lowest BCUT2D eigenvalue weighted by Crippen LogP contribution is -2.12. The number of aryl methyl sites for hydroxylation is 2. The lowest BCUT2D eigenvalue weighted by atomic mass is 10.1. The molecule has 1 aliphatic rings. The summed E-state index contributed by atoms with van der Waals surface area (Å²) in [6.07, 6.45) is 3.23. The second-order valence-corrected chi connectivity index (χ2v) is 7.57. The highest BCUT2D eigenvalue weighted by Gasteiger charge is 2.21. The van der Waals surface area contributed by atoms with Crippen molar-refractivity contribution in [2.24, 2.45) is 5.92 Å². The van der Waals surface area contributed by atoms with Crippen molar-refractivity contribution in [1.82, 2.24) is 10.2 Å². The van der Waals surface area contributed by atoms with Crippen LogP contribution in [0, 0.1) is 12.8 Å². The average Bonchev–Trinajstić information content (AvgIpc) is 3.42. The first-order chi connectivity index (χ1) is 14.2. The maximum atomic E-state index is 12.3. The average molecular weight is 391 g/mol. The van der Waals surface area contributed by atoms with Gasteiger partial charge in [0, 0.05) is 30.7 Å². The van der Waals surface area contributed by atoms with E-state index in [1.807, 2.05) is 55.5 Å². The van der Waals surface area contributed by atoms with Crippen molar-refractivity contribution in [2.75, 3.05) is 11.9 Å². The smallest absolute Gasteiger partial charge is 0.247 e. The molecule has 0 bridgehead atoms. The standard InChI is InChI=1S/C23H25N3O3/c1-16-5-9-19(10-6-16)23-26-25-22(29-23)12-11-21(27)24-20-4-2-3-18(13-20)15-28-14-17-7-8-17/h2-6,9-10,13,17H,7-8,11-12,14-15H2,1H3,(H,24,27). The Kier molecular flexibility index (Phi) is 6.00. The van der Waals surface area contributed by atoms with Crippen LogP contribution < -0.4 is 5.32 Å². The van der Waals surface area contributed by atoms with Crippen LogP contribution in [0.5, 0.6) is 0 Å². The van der Waals surface area contributed by atoms with Crippen LogP contribution in [-0.2, 0) is 22.6 Å². The second kappa shape index (κ2) is 9.01. The van der Waals surface area contributed by atoms with E-state index in [1.165, 1.54) is 18.4 Å². The molecule has 29 heavy (non-hydrogen) atoms. The molecular weight excluding hydrogens is 366 g/mol. The zero-order chi connectivity index (χ0) is 20.1. The molecule has 1 heterocycles. The van der Waals surface area contributed by atoms with Gasteiger partial charge in [0.25, 0.3) is 0 Å². The van der Waals surface area contributed by atoms with Crippen molar-refractivity contribution in [3.8, 4) is 11.5 Å². The number of carbonyl (C=O) groups is 1. The van der Waals surface area contributed by atoms with Crippen LogP contribution in [-0.4, -0.2) is 22.7 Å². The van der Waals surface area contributed by atoms with Crippen LogP contribution in [0.3, 0.4) is 0 Å². The third-order valence-electron chi connectivity index (χ3n) is 4.86. The van der Waals surface area contributed by atoms with Gasteiger partial charge in [-0.3, -0.25) is 4.79 Å². The molecule has 4 rings (SSSR count). The highest BCUT2D eigenvalue weighted by molar-refractivity contribution is 5.90. The number of ether oxygens (including phenoxy) is 1. The molecule has 150 valence electrons. The molecule has 0 atom stereocenters. The molecule has 6 heteroatoms. The highest BCUT2D eigenvalue weighted by atomic mass is 16.5. The molecule has 3 aromatic rings. The van der Waals surface area contributed by atoms with E-state index in [4.69, 9.17) is 9.15 Å². The van der Waals surface area contributed by atoms with Crippen LogP contribution in [0.25, 0.3) is 11.5 Å². The third-order valence-corrected chi connectivity index (χ3v) is 4.86. The van der Waals surface area contributed by atoms with Gasteiger partial charge in [-0.15, -0.1) is 10.2 Å². The second-order valence-electron chi connectivity index (χ2n) is 7.57. The maximum Gasteiger partial charge on any atom is 0.247 e. The predicted molar refractivity (Wildman–Crippen MR) is 110 cm³/mol. The van der Waals surface area contributed by atoms with Gasteiger partial charge in [-0.1, -0.05) is 29.8 Å². The molecule has 0 saturated heterocycles. The third kappa shape index (κ3) is 5.74. The number of hydrogen-bond acceptors (Lipinski definition) is 5. The van der Waals surface area contributed by atoms with Crippen LogP contribution in [0.1, 0.15) is 36.3 Å². The Morgan fingerprint density at radius 3 is 2.79 bits per heavy atom. The Hall–Kier alpha value is -2.99. The van der Waals surface area contributed by atoms with E-state index in [9.17, 15) is 4.79 Å². The number of nitrogens with zero attached hydrogens (tertiary/aromatic N) is 2. The Bertz CT molecular complexity index is 962. The minimum atomic E-state index is -0.0869. The maximum absolute atomic E-state index is 12.3. The van der Waals surface area contributed by atoms with Crippen molar-refractivity contribution in [3.63, 3.8) is 0 Å². The summed E-state index contributed by atoms with van der Waals surface area (Å²) < 4.78 is 11.4. The van der Waals surface area contributed by atoms with E-state index < -0.39 is 0 Å². The Balaban J connectivity index is 1.26. The van der Waals surface area contributed by atoms with Crippen LogP contribution in [0.4, 0.5) is 5.69 Å². The summed E-state index contributed by atoms with van der Waals surface area (Å²) in [6, 6.07) is 15.7. The molecule has 1 aliphatic carbocycles. The van der Waals surface area contributed by atoms with Crippen molar-refractivity contribution < 1.29 is 13.9 Å². The Morgan fingerprint density at radius 1 is 1.17 bits per heavy atom. The van der Waals surface area contributed by atoms with E-state index in [0.717, 1.165) is 29.3 Å². The molecule has 1 saturated carbocycles. The summed E-state index contributed by atoms with van der Waals surface area (Å²) in [5.74, 6) is 1.59. The number of amides is 1. The fourth-order valence-corrected chi connectivity index (χ4v) is 2.98. The van der Waals surface area contributed by atoms with E-state index in [0.29, 0.717) is 24.8 Å². The van der Waals surface area contributed by atoms with Crippen LogP contribution in [0.15, 0.2) is 52.9 Å². The zero-order valence-electron chi connectivity index (χ0n) is 16.6. The first-order valence-electron chi connectivity index (χ1n) is 10.0. The van der Waals surface area contributed by atoms with Crippen molar-refractivity contribution in [2.45, 2.75) is 39.2 Å². The van der Waals surface area contributed by atoms with E-state index in [-0.39, 0.29) is 12.3 Å². The van der Waals surface area contributed by atoms with Gasteiger partial charge >= 0.3 is 0 Å². The highest BCUT2D eigenvalue weighted by Crippen LogP contribution is 2.29. The summed E-state index contributed by atoms with van der Waals surface area (Å²) in [4.78, 5) is 12.3. The fourth-order valence-electron chi connectivity index (χ4n) is 2.98. The van der Waals surface area contributed by atoms with Gasteiger partial charge in [-0.25, -0.2) is 0 Å². The summed E-state index contributed by atoms with van der Waals surface area (Å²) in [7, 11) is 0. The van der Waals surface area contributed by atoms with Crippen LogP contribution in [0.2, 0.25) is 0 Å². The number of aromatic nitrogens is 2. The van der Waals surface area contributed by atoms with Gasteiger partial charge in [0.15, 0.2) is 0 Å². The van der Waals surface area contributed by atoms with Gasteiger partial charge in [-0.2, -0.15) is 0 Å². The molecule has 1 amide bonds. The quantitative estimate of drug-likeness (QED) is 0.579. The Labute approximate surface area is 170 Å². The van der Waals surface area contributed by atoms with Gasteiger partial charge in [0.1, 0.15) is 0 Å². The number of benzene rings is 2. The number of nitrogens with one attached hydrogen (secondary N) is 1. The van der Waals surface area contributed by atoms with Gasteiger partial charge in [0.05, 0.1) is 6.61 Å². The molecule has 0 unspecified atom stereocenters. The number of rotatable bonds is 9. The topological polar surface area (TPSA) is 77.2 Å². The van der Waals surface area contributed by atoms with Crippen molar-refractivity contribution >= 4 is 11.6 Å². The molecule has 6 nitrogen and oxygen atoms in total. The van der Waals surface area contributed by atoms with Crippen molar-refractivity contribution in [1.29, 1.82) is 0 Å². The van der Waals surface area contributed by atoms with Gasteiger partial charge in [0.2, 0.25) is 17.7 Å². The van der Waals surface area contributed by atoms with Gasteiger partial charge in [-0.05, 0) is 55.5 Å². The molecule has 0 spiro atoms. The molecule has 2 aromatic carbocycles. The predicted octanol–water partition coefficient (Wildman–Crippen LogP) is 4.54. The molecular formula is C23H25N3O3. The molecule has 1 fully saturated rings. The van der Waals surface area contributed by atoms with E-state index >= 15 is 0 Å². The van der Waals surface area contributed by atoms with E-state index in [1.54, 1.807) is 0 Å². The van der Waals surface area contributed by atoms with Gasteiger partial charge < -0.3 is 14.5 Å². The molecule has 1 aromatic heterocycles. The lowest BCUT2D eigenvalue weighted by Gasteiger charge is -2.08. The minimum absolute atomic E-state index is 0.0869. The number of anilines is 1. The largest absolute Gasteiger partial charge is 0.421 e. The summed E-state index contributed by atoms with van der Waals surface area (Å²) in [5.41, 5.74) is 3.87. The first kappa shape index (κ1) is 19.3. The molecule has 0 aliphatic heterocycles. The monoisotopic (exact) mass is 391 g/mol. The minimum Gasteiger partial charge on any atom is -0.421 e.